The van der Waals surface area contributed by atoms with E-state index in [2.05, 4.69) is 17.2 Å². The molecular weight excluding hydrogens is 162 g/mol. The van der Waals surface area contributed by atoms with Gasteiger partial charge in [0.05, 0.1) is 5.69 Å². The van der Waals surface area contributed by atoms with Crippen LogP contribution in [0.15, 0.2) is 18.5 Å². The number of nitrogens with one attached hydrogen (secondary N) is 1. The van der Waals surface area contributed by atoms with E-state index in [4.69, 9.17) is 5.73 Å². The Morgan fingerprint density at radius 3 is 3.00 bits per heavy atom. The quantitative estimate of drug-likeness (QED) is 0.674. The minimum Gasteiger partial charge on any atom is -0.397 e. The van der Waals surface area contributed by atoms with E-state index in [1.165, 1.54) is 12.8 Å². The summed E-state index contributed by atoms with van der Waals surface area (Å²) < 4.78 is 0. The Balaban J connectivity index is 2.28. The number of rotatable bonds is 5. The van der Waals surface area contributed by atoms with Crippen LogP contribution in [0, 0.1) is 0 Å². The lowest BCUT2D eigenvalue weighted by Gasteiger charge is -2.03. The Morgan fingerprint density at radius 2 is 2.31 bits per heavy atom. The van der Waals surface area contributed by atoms with Crippen molar-refractivity contribution < 1.29 is 0 Å². The molecule has 3 nitrogen and oxygen atoms in total. The fourth-order valence-electron chi connectivity index (χ4n) is 1.14. The standard InChI is InChI=1S/C10H17N3/c1-2-3-4-12-6-9-5-10(11)8-13-7-9/h5,7-8,12H,2-4,6,11H2,1H3. The molecule has 0 radical (unpaired) electrons. The van der Waals surface area contributed by atoms with Gasteiger partial charge in [-0.3, -0.25) is 4.98 Å². The predicted octanol–water partition coefficient (Wildman–Crippen LogP) is 1.55. The summed E-state index contributed by atoms with van der Waals surface area (Å²) in [7, 11) is 0. The lowest BCUT2D eigenvalue weighted by molar-refractivity contribution is 0.640. The number of unbranched alkanes of at least 4 members (excludes halogenated alkanes) is 1. The van der Waals surface area contributed by atoms with E-state index < -0.39 is 0 Å². The van der Waals surface area contributed by atoms with Gasteiger partial charge in [0.2, 0.25) is 0 Å². The third-order valence-electron chi connectivity index (χ3n) is 1.85. The van der Waals surface area contributed by atoms with Crippen molar-refractivity contribution in [1.29, 1.82) is 0 Å². The van der Waals surface area contributed by atoms with Crippen LogP contribution in [0.5, 0.6) is 0 Å². The highest BCUT2D eigenvalue weighted by Crippen LogP contribution is 2.02. The van der Waals surface area contributed by atoms with E-state index in [0.717, 1.165) is 24.3 Å². The van der Waals surface area contributed by atoms with Crippen LogP contribution < -0.4 is 11.1 Å². The average molecular weight is 179 g/mol. The highest BCUT2D eigenvalue weighted by molar-refractivity contribution is 5.36. The van der Waals surface area contributed by atoms with E-state index in [1.54, 1.807) is 6.20 Å². The Hall–Kier alpha value is -1.09. The van der Waals surface area contributed by atoms with Crippen LogP contribution in [0.2, 0.25) is 0 Å². The van der Waals surface area contributed by atoms with Crippen molar-refractivity contribution in [3.05, 3.63) is 24.0 Å². The SMILES string of the molecule is CCCCNCc1cncc(N)c1. The van der Waals surface area contributed by atoms with Gasteiger partial charge in [-0.2, -0.15) is 0 Å². The van der Waals surface area contributed by atoms with E-state index in [0.29, 0.717) is 0 Å². The fourth-order valence-corrected chi connectivity index (χ4v) is 1.14. The van der Waals surface area contributed by atoms with Gasteiger partial charge in [0.1, 0.15) is 0 Å². The smallest absolute Gasteiger partial charge is 0.0503 e. The maximum Gasteiger partial charge on any atom is 0.0503 e. The largest absolute Gasteiger partial charge is 0.397 e. The Bertz CT molecular complexity index is 248. The first-order valence-corrected chi connectivity index (χ1v) is 4.73. The van der Waals surface area contributed by atoms with Gasteiger partial charge in [0.25, 0.3) is 0 Å². The first kappa shape index (κ1) is 9.99. The monoisotopic (exact) mass is 179 g/mol. The zero-order valence-corrected chi connectivity index (χ0v) is 8.09. The number of anilines is 1. The third-order valence-corrected chi connectivity index (χ3v) is 1.85. The van der Waals surface area contributed by atoms with Crippen molar-refractivity contribution in [3.8, 4) is 0 Å². The zero-order valence-electron chi connectivity index (χ0n) is 8.09. The molecule has 1 rings (SSSR count). The molecule has 0 aliphatic rings. The Morgan fingerprint density at radius 1 is 1.46 bits per heavy atom. The van der Waals surface area contributed by atoms with Gasteiger partial charge in [-0.25, -0.2) is 0 Å². The summed E-state index contributed by atoms with van der Waals surface area (Å²) in [5, 5.41) is 3.33. The molecule has 0 spiro atoms. The molecule has 0 aliphatic heterocycles. The second-order valence-electron chi connectivity index (χ2n) is 3.16. The molecule has 0 fully saturated rings. The van der Waals surface area contributed by atoms with Crippen molar-refractivity contribution in [3.63, 3.8) is 0 Å². The van der Waals surface area contributed by atoms with Crippen LogP contribution in [0.25, 0.3) is 0 Å². The lowest BCUT2D eigenvalue weighted by Crippen LogP contribution is -2.14. The number of nitrogens with zero attached hydrogens (tertiary/aromatic N) is 1. The molecule has 0 aromatic carbocycles. The van der Waals surface area contributed by atoms with Crippen LogP contribution >= 0.6 is 0 Å². The number of hydrogen-bond donors (Lipinski definition) is 2. The molecule has 0 saturated heterocycles. The second kappa shape index (κ2) is 5.54. The molecular formula is C10H17N3. The van der Waals surface area contributed by atoms with Gasteiger partial charge in [-0.05, 0) is 24.6 Å². The molecule has 0 amide bonds. The molecule has 0 bridgehead atoms. The number of nitrogen functional groups attached to an aromatic ring is 1. The van der Waals surface area contributed by atoms with Crippen LogP contribution in [0.1, 0.15) is 25.3 Å². The molecule has 0 unspecified atom stereocenters. The normalized spacial score (nSPS) is 10.2. The van der Waals surface area contributed by atoms with Crippen molar-refractivity contribution in [1.82, 2.24) is 10.3 Å². The summed E-state index contributed by atoms with van der Waals surface area (Å²) in [6, 6.07) is 1.95. The first-order chi connectivity index (χ1) is 6.33. The van der Waals surface area contributed by atoms with Crippen LogP contribution in [-0.4, -0.2) is 11.5 Å². The Labute approximate surface area is 79.4 Å². The van der Waals surface area contributed by atoms with E-state index in [9.17, 15) is 0 Å². The van der Waals surface area contributed by atoms with Crippen LogP contribution in [0.3, 0.4) is 0 Å². The lowest BCUT2D eigenvalue weighted by atomic mass is 10.2. The molecule has 1 aromatic rings. The molecule has 0 atom stereocenters. The van der Waals surface area contributed by atoms with Gasteiger partial charge < -0.3 is 11.1 Å². The molecule has 0 saturated carbocycles. The maximum atomic E-state index is 5.60. The fraction of sp³-hybridized carbons (Fsp3) is 0.500. The average Bonchev–Trinajstić information content (AvgIpc) is 2.13. The van der Waals surface area contributed by atoms with Crippen molar-refractivity contribution >= 4 is 5.69 Å². The van der Waals surface area contributed by atoms with Gasteiger partial charge in [0, 0.05) is 18.9 Å². The highest BCUT2D eigenvalue weighted by atomic mass is 14.8. The van der Waals surface area contributed by atoms with E-state index >= 15 is 0 Å². The number of hydrogen-bond acceptors (Lipinski definition) is 3. The minimum atomic E-state index is 0.731. The van der Waals surface area contributed by atoms with Crippen molar-refractivity contribution in [2.45, 2.75) is 26.3 Å². The molecule has 1 heterocycles. The topological polar surface area (TPSA) is 50.9 Å². The zero-order chi connectivity index (χ0) is 9.52. The summed E-state index contributed by atoms with van der Waals surface area (Å²) in [6.07, 6.45) is 5.95. The summed E-state index contributed by atoms with van der Waals surface area (Å²) in [5.74, 6) is 0. The highest BCUT2D eigenvalue weighted by Gasteiger charge is 1.92. The van der Waals surface area contributed by atoms with E-state index in [1.807, 2.05) is 12.3 Å². The molecule has 0 aliphatic carbocycles. The molecule has 3 heteroatoms. The van der Waals surface area contributed by atoms with Crippen molar-refractivity contribution in [2.75, 3.05) is 12.3 Å². The number of aromatic nitrogens is 1. The van der Waals surface area contributed by atoms with E-state index in [-0.39, 0.29) is 0 Å². The third kappa shape index (κ3) is 3.90. The molecule has 13 heavy (non-hydrogen) atoms. The Kier molecular flexibility index (Phi) is 4.26. The summed E-state index contributed by atoms with van der Waals surface area (Å²) in [5.41, 5.74) is 7.48. The number of nitrogens with two attached hydrogens (primary N) is 1. The van der Waals surface area contributed by atoms with Crippen LogP contribution in [-0.2, 0) is 6.54 Å². The minimum absolute atomic E-state index is 0.731. The second-order valence-corrected chi connectivity index (χ2v) is 3.16. The predicted molar refractivity (Wildman–Crippen MR) is 55.3 cm³/mol. The molecule has 72 valence electrons. The first-order valence-electron chi connectivity index (χ1n) is 4.73. The van der Waals surface area contributed by atoms with Gasteiger partial charge in [-0.15, -0.1) is 0 Å². The maximum absolute atomic E-state index is 5.60. The van der Waals surface area contributed by atoms with Crippen molar-refractivity contribution in [2.24, 2.45) is 0 Å². The number of pyridine rings is 1. The van der Waals surface area contributed by atoms with Gasteiger partial charge in [0.15, 0.2) is 0 Å². The molecule has 3 N–H and O–H groups in total. The van der Waals surface area contributed by atoms with Gasteiger partial charge >= 0.3 is 0 Å². The summed E-state index contributed by atoms with van der Waals surface area (Å²) >= 11 is 0. The molecule has 1 aromatic heterocycles. The van der Waals surface area contributed by atoms with Crippen LogP contribution in [0.4, 0.5) is 5.69 Å². The summed E-state index contributed by atoms with van der Waals surface area (Å²) in [6.45, 7) is 4.10. The van der Waals surface area contributed by atoms with Gasteiger partial charge in [-0.1, -0.05) is 13.3 Å². The summed E-state index contributed by atoms with van der Waals surface area (Å²) in [4.78, 5) is 4.02.